The molecule has 0 unspecified atom stereocenters. The lowest BCUT2D eigenvalue weighted by Gasteiger charge is -2.08. The topological polar surface area (TPSA) is 95.2 Å². The number of thiazole rings is 1. The second-order valence-corrected chi connectivity index (χ2v) is 4.35. The molecule has 0 spiro atoms. The van der Waals surface area contributed by atoms with E-state index in [-0.39, 0.29) is 5.69 Å². The molecule has 2 aromatic rings. The molecule has 0 aliphatic rings. The first kappa shape index (κ1) is 12.9. The highest BCUT2D eigenvalue weighted by Gasteiger charge is 2.10. The number of nitrogens with one attached hydrogen (secondary N) is 1. The molecule has 1 heterocycles. The third-order valence-electron chi connectivity index (χ3n) is 2.30. The summed E-state index contributed by atoms with van der Waals surface area (Å²) in [4.78, 5) is 14.6. The maximum atomic E-state index is 10.7. The molecule has 0 saturated carbocycles. The summed E-state index contributed by atoms with van der Waals surface area (Å²) in [5.41, 5.74) is 1.08. The molecule has 19 heavy (non-hydrogen) atoms. The first-order chi connectivity index (χ1) is 9.13. The number of carbonyl (C=O) groups is 1. The Morgan fingerprint density at radius 3 is 2.95 bits per heavy atom. The molecule has 7 heteroatoms. The van der Waals surface area contributed by atoms with Crippen LogP contribution in [0.5, 0.6) is 5.75 Å². The van der Waals surface area contributed by atoms with Crippen molar-refractivity contribution in [2.75, 3.05) is 12.4 Å². The van der Waals surface area contributed by atoms with Crippen molar-refractivity contribution in [3.8, 4) is 11.8 Å². The van der Waals surface area contributed by atoms with E-state index in [0.717, 1.165) is 0 Å². The van der Waals surface area contributed by atoms with Crippen LogP contribution >= 0.6 is 11.3 Å². The van der Waals surface area contributed by atoms with Gasteiger partial charge in [0, 0.05) is 11.4 Å². The number of nitrogens with zero attached hydrogens (tertiary/aromatic N) is 2. The van der Waals surface area contributed by atoms with Gasteiger partial charge in [-0.05, 0) is 12.1 Å². The standard InChI is InChI=1S/C12H9N3O3S/c1-18-10-4-7(5-13)2-3-8(10)14-12-15-9(6-19-12)11(16)17/h2-4,6H,1H3,(H,14,15)(H,16,17). The number of carboxylic acids is 1. The molecule has 0 aliphatic heterocycles. The number of carboxylic acid groups (broad SMARTS) is 1. The molecule has 0 bridgehead atoms. The molecule has 0 saturated heterocycles. The second kappa shape index (κ2) is 5.37. The molecule has 0 fully saturated rings. The van der Waals surface area contributed by atoms with Gasteiger partial charge in [-0.3, -0.25) is 0 Å². The van der Waals surface area contributed by atoms with Crippen molar-refractivity contribution in [2.24, 2.45) is 0 Å². The number of rotatable bonds is 4. The summed E-state index contributed by atoms with van der Waals surface area (Å²) in [5.74, 6) is -0.581. The molecule has 1 aromatic carbocycles. The largest absolute Gasteiger partial charge is 0.495 e. The number of aromatic carboxylic acids is 1. The van der Waals surface area contributed by atoms with Gasteiger partial charge in [-0.2, -0.15) is 5.26 Å². The average molecular weight is 275 g/mol. The van der Waals surface area contributed by atoms with Crippen molar-refractivity contribution < 1.29 is 14.6 Å². The molecular weight excluding hydrogens is 266 g/mol. The second-order valence-electron chi connectivity index (χ2n) is 3.49. The molecule has 2 N–H and O–H groups in total. The highest BCUT2D eigenvalue weighted by atomic mass is 32.1. The zero-order chi connectivity index (χ0) is 13.8. The van der Waals surface area contributed by atoms with Crippen LogP contribution in [0.3, 0.4) is 0 Å². The van der Waals surface area contributed by atoms with E-state index in [1.54, 1.807) is 18.2 Å². The van der Waals surface area contributed by atoms with E-state index in [9.17, 15) is 4.79 Å². The van der Waals surface area contributed by atoms with E-state index in [4.69, 9.17) is 15.1 Å². The molecule has 2 rings (SSSR count). The lowest BCUT2D eigenvalue weighted by Crippen LogP contribution is -1.98. The Balaban J connectivity index is 2.27. The molecule has 96 valence electrons. The van der Waals surface area contributed by atoms with Crippen LogP contribution in [-0.2, 0) is 0 Å². The molecule has 0 radical (unpaired) electrons. The van der Waals surface area contributed by atoms with Crippen LogP contribution in [0.15, 0.2) is 23.6 Å². The number of nitriles is 1. The van der Waals surface area contributed by atoms with Crippen molar-refractivity contribution >= 4 is 28.1 Å². The monoisotopic (exact) mass is 275 g/mol. The fourth-order valence-corrected chi connectivity index (χ4v) is 2.11. The first-order valence-electron chi connectivity index (χ1n) is 5.18. The summed E-state index contributed by atoms with van der Waals surface area (Å²) in [6, 6.07) is 6.92. The van der Waals surface area contributed by atoms with Crippen LogP contribution in [0.2, 0.25) is 0 Å². The first-order valence-corrected chi connectivity index (χ1v) is 6.06. The summed E-state index contributed by atoms with van der Waals surface area (Å²) in [7, 11) is 1.49. The minimum absolute atomic E-state index is 0.0138. The van der Waals surface area contributed by atoms with Gasteiger partial charge < -0.3 is 15.2 Å². The maximum Gasteiger partial charge on any atom is 0.355 e. The van der Waals surface area contributed by atoms with Crippen molar-refractivity contribution in [3.05, 3.63) is 34.8 Å². The van der Waals surface area contributed by atoms with Crippen LogP contribution in [0.4, 0.5) is 10.8 Å². The molecule has 6 nitrogen and oxygen atoms in total. The van der Waals surface area contributed by atoms with E-state index >= 15 is 0 Å². The van der Waals surface area contributed by atoms with Gasteiger partial charge in [0.05, 0.1) is 24.4 Å². The van der Waals surface area contributed by atoms with Crippen molar-refractivity contribution in [1.29, 1.82) is 5.26 Å². The van der Waals surface area contributed by atoms with E-state index < -0.39 is 5.97 Å². The maximum absolute atomic E-state index is 10.7. The van der Waals surface area contributed by atoms with Crippen LogP contribution in [0.1, 0.15) is 16.1 Å². The fourth-order valence-electron chi connectivity index (χ4n) is 1.41. The summed E-state index contributed by atoms with van der Waals surface area (Å²) in [6.07, 6.45) is 0. The lowest BCUT2D eigenvalue weighted by molar-refractivity contribution is 0.0691. The number of anilines is 2. The van der Waals surface area contributed by atoms with Gasteiger partial charge in [0.25, 0.3) is 0 Å². The van der Waals surface area contributed by atoms with Gasteiger partial charge in [-0.1, -0.05) is 0 Å². The summed E-state index contributed by atoms with van der Waals surface area (Å²) >= 11 is 1.18. The van der Waals surface area contributed by atoms with Crippen molar-refractivity contribution in [3.63, 3.8) is 0 Å². The van der Waals surface area contributed by atoms with Gasteiger partial charge >= 0.3 is 5.97 Å². The van der Waals surface area contributed by atoms with Gasteiger partial charge in [0.15, 0.2) is 10.8 Å². The van der Waals surface area contributed by atoms with E-state index in [1.165, 1.54) is 23.8 Å². The molecular formula is C12H9N3O3S. The molecule has 0 aliphatic carbocycles. The number of ether oxygens (including phenoxy) is 1. The van der Waals surface area contributed by atoms with Crippen molar-refractivity contribution in [1.82, 2.24) is 4.98 Å². The number of aromatic nitrogens is 1. The Kier molecular flexibility index (Phi) is 3.63. The number of hydrogen-bond donors (Lipinski definition) is 2. The minimum Gasteiger partial charge on any atom is -0.495 e. The summed E-state index contributed by atoms with van der Waals surface area (Å²) in [6.45, 7) is 0. The van der Waals surface area contributed by atoms with Gasteiger partial charge in [-0.25, -0.2) is 9.78 Å². The highest BCUT2D eigenvalue weighted by molar-refractivity contribution is 7.14. The molecule has 0 amide bonds. The SMILES string of the molecule is COc1cc(C#N)ccc1Nc1nc(C(=O)O)cs1. The van der Waals surface area contributed by atoms with Gasteiger partial charge in [-0.15, -0.1) is 11.3 Å². The minimum atomic E-state index is -1.07. The quantitative estimate of drug-likeness (QED) is 0.890. The molecule has 0 atom stereocenters. The smallest absolute Gasteiger partial charge is 0.355 e. The predicted octanol–water partition coefficient (Wildman–Crippen LogP) is 2.47. The van der Waals surface area contributed by atoms with E-state index in [2.05, 4.69) is 10.3 Å². The number of benzene rings is 1. The zero-order valence-corrected chi connectivity index (χ0v) is 10.7. The Hall–Kier alpha value is -2.59. The van der Waals surface area contributed by atoms with E-state index in [0.29, 0.717) is 22.1 Å². The Labute approximate surface area is 112 Å². The highest BCUT2D eigenvalue weighted by Crippen LogP contribution is 2.29. The van der Waals surface area contributed by atoms with Crippen LogP contribution in [0.25, 0.3) is 0 Å². The summed E-state index contributed by atoms with van der Waals surface area (Å²) in [5, 5.41) is 22.4. The Morgan fingerprint density at radius 1 is 1.58 bits per heavy atom. The third kappa shape index (κ3) is 2.81. The lowest BCUT2D eigenvalue weighted by atomic mass is 10.2. The fraction of sp³-hybridized carbons (Fsp3) is 0.0833. The number of hydrogen-bond acceptors (Lipinski definition) is 6. The van der Waals surface area contributed by atoms with Crippen LogP contribution in [0, 0.1) is 11.3 Å². The molecule has 1 aromatic heterocycles. The van der Waals surface area contributed by atoms with Crippen LogP contribution < -0.4 is 10.1 Å². The number of methoxy groups -OCH3 is 1. The predicted molar refractivity (Wildman–Crippen MR) is 70.1 cm³/mol. The zero-order valence-electron chi connectivity index (χ0n) is 9.88. The van der Waals surface area contributed by atoms with Gasteiger partial charge in [0.2, 0.25) is 0 Å². The van der Waals surface area contributed by atoms with Crippen molar-refractivity contribution in [2.45, 2.75) is 0 Å². The Morgan fingerprint density at radius 2 is 2.37 bits per heavy atom. The third-order valence-corrected chi connectivity index (χ3v) is 3.05. The van der Waals surface area contributed by atoms with Gasteiger partial charge in [0.1, 0.15) is 5.75 Å². The Bertz CT molecular complexity index is 660. The van der Waals surface area contributed by atoms with Crippen LogP contribution in [-0.4, -0.2) is 23.2 Å². The van der Waals surface area contributed by atoms with E-state index in [1.807, 2.05) is 6.07 Å². The normalized spacial score (nSPS) is 9.68. The average Bonchev–Trinajstić information content (AvgIpc) is 2.88. The summed E-state index contributed by atoms with van der Waals surface area (Å²) < 4.78 is 5.16.